The number of anilines is 1. The number of benzene rings is 1. The molecule has 4 heteroatoms. The van der Waals surface area contributed by atoms with Crippen molar-refractivity contribution < 1.29 is 0 Å². The fourth-order valence-corrected chi connectivity index (χ4v) is 1.95. The first-order chi connectivity index (χ1) is 5.54. The Morgan fingerprint density at radius 3 is 2.25 bits per heavy atom. The SMILES string of the molecule is CN(C)c1c(Cl)ccc(Br)c1Cl. The standard InChI is InChI=1S/C8H8BrCl2N/c1-12(2)8-6(10)4-3-5(9)7(8)11/h3-4H,1-2H3. The van der Waals surface area contributed by atoms with Crippen LogP contribution in [0.15, 0.2) is 16.6 Å². The van der Waals surface area contributed by atoms with Gasteiger partial charge in [-0.15, -0.1) is 0 Å². The highest BCUT2D eigenvalue weighted by atomic mass is 79.9. The lowest BCUT2D eigenvalue weighted by Crippen LogP contribution is -2.09. The van der Waals surface area contributed by atoms with E-state index in [9.17, 15) is 0 Å². The molecule has 0 unspecified atom stereocenters. The molecular weight excluding hydrogens is 261 g/mol. The quantitative estimate of drug-likeness (QED) is 0.700. The lowest BCUT2D eigenvalue weighted by molar-refractivity contribution is 1.13. The number of rotatable bonds is 1. The van der Waals surface area contributed by atoms with Crippen molar-refractivity contribution in [2.45, 2.75) is 0 Å². The molecule has 0 fully saturated rings. The van der Waals surface area contributed by atoms with E-state index in [2.05, 4.69) is 15.9 Å². The van der Waals surface area contributed by atoms with E-state index in [0.29, 0.717) is 10.0 Å². The molecule has 1 aromatic carbocycles. The summed E-state index contributed by atoms with van der Waals surface area (Å²) in [6.45, 7) is 0. The normalized spacial score (nSPS) is 10.1. The number of halogens is 3. The van der Waals surface area contributed by atoms with Gasteiger partial charge in [-0.2, -0.15) is 0 Å². The van der Waals surface area contributed by atoms with Gasteiger partial charge in [-0.05, 0) is 28.1 Å². The first-order valence-corrected chi connectivity index (χ1v) is 4.89. The van der Waals surface area contributed by atoms with E-state index in [1.165, 1.54) is 0 Å². The summed E-state index contributed by atoms with van der Waals surface area (Å²) in [4.78, 5) is 1.88. The smallest absolute Gasteiger partial charge is 0.0796 e. The van der Waals surface area contributed by atoms with Crippen LogP contribution in [0.4, 0.5) is 5.69 Å². The van der Waals surface area contributed by atoms with Crippen molar-refractivity contribution in [2.24, 2.45) is 0 Å². The van der Waals surface area contributed by atoms with Crippen LogP contribution in [0.2, 0.25) is 10.0 Å². The molecule has 0 heterocycles. The van der Waals surface area contributed by atoms with E-state index in [1.807, 2.05) is 31.1 Å². The van der Waals surface area contributed by atoms with Crippen LogP contribution in [-0.2, 0) is 0 Å². The van der Waals surface area contributed by atoms with Gasteiger partial charge in [-0.25, -0.2) is 0 Å². The van der Waals surface area contributed by atoms with Gasteiger partial charge in [-0.3, -0.25) is 0 Å². The van der Waals surface area contributed by atoms with Crippen molar-refractivity contribution in [2.75, 3.05) is 19.0 Å². The zero-order chi connectivity index (χ0) is 9.30. The summed E-state index contributed by atoms with van der Waals surface area (Å²) in [5.74, 6) is 0. The molecule has 0 aliphatic heterocycles. The van der Waals surface area contributed by atoms with Crippen LogP contribution in [0.1, 0.15) is 0 Å². The van der Waals surface area contributed by atoms with Crippen molar-refractivity contribution in [3.05, 3.63) is 26.7 Å². The first kappa shape index (κ1) is 10.2. The molecule has 0 radical (unpaired) electrons. The molecule has 0 saturated carbocycles. The summed E-state index contributed by atoms with van der Waals surface area (Å²) in [5.41, 5.74) is 0.840. The van der Waals surface area contributed by atoms with Gasteiger partial charge >= 0.3 is 0 Å². The van der Waals surface area contributed by atoms with Crippen molar-refractivity contribution in [1.29, 1.82) is 0 Å². The van der Waals surface area contributed by atoms with Gasteiger partial charge in [0.1, 0.15) is 0 Å². The third-order valence-electron chi connectivity index (χ3n) is 1.47. The molecule has 0 saturated heterocycles. The predicted molar refractivity (Wildman–Crippen MR) is 58.5 cm³/mol. The maximum atomic E-state index is 6.02. The van der Waals surface area contributed by atoms with Crippen molar-refractivity contribution in [3.8, 4) is 0 Å². The molecule has 1 rings (SSSR count). The average molecular weight is 269 g/mol. The second kappa shape index (κ2) is 3.86. The van der Waals surface area contributed by atoms with E-state index in [-0.39, 0.29) is 0 Å². The monoisotopic (exact) mass is 267 g/mol. The minimum absolute atomic E-state index is 0.646. The Hall–Kier alpha value is 0.0800. The lowest BCUT2D eigenvalue weighted by Gasteiger charge is -2.16. The average Bonchev–Trinajstić information content (AvgIpc) is 1.97. The lowest BCUT2D eigenvalue weighted by atomic mass is 10.3. The maximum absolute atomic E-state index is 6.02. The van der Waals surface area contributed by atoms with Crippen LogP contribution < -0.4 is 4.90 Å². The van der Waals surface area contributed by atoms with Crippen LogP contribution in [0.5, 0.6) is 0 Å². The predicted octanol–water partition coefficient (Wildman–Crippen LogP) is 3.82. The van der Waals surface area contributed by atoms with E-state index in [4.69, 9.17) is 23.2 Å². The molecule has 0 N–H and O–H groups in total. The molecule has 0 aliphatic rings. The van der Waals surface area contributed by atoms with E-state index in [1.54, 1.807) is 0 Å². The summed E-state index contributed by atoms with van der Waals surface area (Å²) in [6, 6.07) is 3.64. The number of hydrogen-bond donors (Lipinski definition) is 0. The highest BCUT2D eigenvalue weighted by Gasteiger charge is 2.10. The fraction of sp³-hybridized carbons (Fsp3) is 0.250. The van der Waals surface area contributed by atoms with Gasteiger partial charge in [0.05, 0.1) is 15.7 Å². The Morgan fingerprint density at radius 1 is 1.25 bits per heavy atom. The molecule has 0 amide bonds. The van der Waals surface area contributed by atoms with E-state index in [0.717, 1.165) is 10.2 Å². The van der Waals surface area contributed by atoms with Gasteiger partial charge in [-0.1, -0.05) is 23.2 Å². The summed E-state index contributed by atoms with van der Waals surface area (Å²) in [7, 11) is 3.80. The summed E-state index contributed by atoms with van der Waals surface area (Å²) in [5, 5.41) is 1.31. The third kappa shape index (κ3) is 1.87. The Kier molecular flexibility index (Phi) is 3.27. The summed E-state index contributed by atoms with van der Waals surface area (Å²) >= 11 is 15.3. The number of nitrogens with zero attached hydrogens (tertiary/aromatic N) is 1. The Balaban J connectivity index is 3.33. The zero-order valence-electron chi connectivity index (χ0n) is 6.74. The molecule has 1 aromatic rings. The van der Waals surface area contributed by atoms with Crippen LogP contribution in [0, 0.1) is 0 Å². The van der Waals surface area contributed by atoms with Gasteiger partial charge in [0.25, 0.3) is 0 Å². The third-order valence-corrected chi connectivity index (χ3v) is 3.04. The van der Waals surface area contributed by atoms with Crippen LogP contribution in [0.25, 0.3) is 0 Å². The molecular formula is C8H8BrCl2N. The number of hydrogen-bond acceptors (Lipinski definition) is 1. The largest absolute Gasteiger partial charge is 0.375 e. The molecule has 0 atom stereocenters. The van der Waals surface area contributed by atoms with E-state index < -0.39 is 0 Å². The van der Waals surface area contributed by atoms with Gasteiger partial charge in [0.2, 0.25) is 0 Å². The maximum Gasteiger partial charge on any atom is 0.0796 e. The highest BCUT2D eigenvalue weighted by molar-refractivity contribution is 9.10. The highest BCUT2D eigenvalue weighted by Crippen LogP contribution is 2.37. The van der Waals surface area contributed by atoms with Crippen molar-refractivity contribution in [3.63, 3.8) is 0 Å². The van der Waals surface area contributed by atoms with Crippen LogP contribution in [-0.4, -0.2) is 14.1 Å². The van der Waals surface area contributed by atoms with Crippen LogP contribution in [0.3, 0.4) is 0 Å². The summed E-state index contributed by atoms with van der Waals surface area (Å²) in [6.07, 6.45) is 0. The zero-order valence-corrected chi connectivity index (χ0v) is 9.83. The molecule has 0 aliphatic carbocycles. The topological polar surface area (TPSA) is 3.24 Å². The molecule has 1 nitrogen and oxygen atoms in total. The Bertz CT molecular complexity index is 299. The Morgan fingerprint density at radius 2 is 1.83 bits per heavy atom. The fourth-order valence-electron chi connectivity index (χ4n) is 0.926. The van der Waals surface area contributed by atoms with Gasteiger partial charge < -0.3 is 4.90 Å². The van der Waals surface area contributed by atoms with Gasteiger partial charge in [0.15, 0.2) is 0 Å². The minimum Gasteiger partial charge on any atom is -0.375 e. The second-order valence-electron chi connectivity index (χ2n) is 2.59. The second-order valence-corrected chi connectivity index (χ2v) is 4.23. The summed E-state index contributed by atoms with van der Waals surface area (Å²) < 4.78 is 0.859. The molecule has 0 spiro atoms. The van der Waals surface area contributed by atoms with Crippen molar-refractivity contribution in [1.82, 2.24) is 0 Å². The minimum atomic E-state index is 0.646. The van der Waals surface area contributed by atoms with Gasteiger partial charge in [0, 0.05) is 18.6 Å². The molecule has 0 aromatic heterocycles. The van der Waals surface area contributed by atoms with Crippen LogP contribution >= 0.6 is 39.1 Å². The molecule has 0 bridgehead atoms. The molecule has 66 valence electrons. The van der Waals surface area contributed by atoms with E-state index >= 15 is 0 Å². The molecule has 12 heavy (non-hydrogen) atoms. The first-order valence-electron chi connectivity index (χ1n) is 3.35. The van der Waals surface area contributed by atoms with Crippen molar-refractivity contribution >= 4 is 44.8 Å². The Labute approximate surface area is 90.4 Å².